The normalized spacial score (nSPS) is 28.1. The topological polar surface area (TPSA) is 52.6 Å². The maximum Gasteiger partial charge on any atom is 0.316 e. The third-order valence-electron chi connectivity index (χ3n) is 8.61. The molecule has 0 aliphatic heterocycles. The molecule has 0 heterocycles. The number of hydrogen-bond donors (Lipinski definition) is 0. The van der Waals surface area contributed by atoms with Crippen LogP contribution in [0.2, 0.25) is 16.6 Å². The number of fused-ring (bicyclic) bond motifs is 3. The van der Waals surface area contributed by atoms with Crippen LogP contribution in [0.15, 0.2) is 18.2 Å². The van der Waals surface area contributed by atoms with Crippen LogP contribution < -0.4 is 0 Å². The van der Waals surface area contributed by atoms with Gasteiger partial charge < -0.3 is 9.16 Å². The lowest BCUT2D eigenvalue weighted by Gasteiger charge is -2.53. The molecule has 4 atom stereocenters. The summed E-state index contributed by atoms with van der Waals surface area (Å²) >= 11 is 0. The molecule has 0 amide bonds. The molecule has 3 rings (SSSR count). The first-order valence-corrected chi connectivity index (χ1v) is 14.4. The fourth-order valence-electron chi connectivity index (χ4n) is 7.04. The Balaban J connectivity index is 2.17. The van der Waals surface area contributed by atoms with Crippen molar-refractivity contribution < 1.29 is 18.8 Å². The van der Waals surface area contributed by atoms with Gasteiger partial charge in [-0.3, -0.25) is 9.59 Å². The number of carbonyl (C=O) groups is 2. The van der Waals surface area contributed by atoms with Crippen molar-refractivity contribution in [1.82, 2.24) is 0 Å². The maximum atomic E-state index is 13.0. The molecule has 5 heteroatoms. The van der Waals surface area contributed by atoms with Crippen molar-refractivity contribution in [2.45, 2.75) is 103 Å². The van der Waals surface area contributed by atoms with E-state index in [1.54, 1.807) is 0 Å². The molecule has 0 spiro atoms. The van der Waals surface area contributed by atoms with Gasteiger partial charge in [0.2, 0.25) is 8.32 Å². The number of hydrogen-bond acceptors (Lipinski definition) is 4. The summed E-state index contributed by atoms with van der Waals surface area (Å²) in [5.41, 5.74) is 4.89. The maximum absolute atomic E-state index is 13.0. The van der Waals surface area contributed by atoms with E-state index in [0.717, 1.165) is 6.42 Å². The van der Waals surface area contributed by atoms with Crippen LogP contribution in [0.25, 0.3) is 0 Å². The first-order chi connectivity index (χ1) is 14.9. The predicted octanol–water partition coefficient (Wildman–Crippen LogP) is 6.66. The van der Waals surface area contributed by atoms with Crippen LogP contribution in [0.3, 0.4) is 0 Å². The third-order valence-corrected chi connectivity index (χ3v) is 14.7. The van der Waals surface area contributed by atoms with Crippen LogP contribution in [0, 0.1) is 18.8 Å². The highest BCUT2D eigenvalue weighted by Crippen LogP contribution is 2.57. The van der Waals surface area contributed by atoms with Crippen LogP contribution >= 0.6 is 0 Å². The Bertz CT molecular complexity index is 845. The number of aryl methyl sites for hydroxylation is 1. The molecule has 0 aromatic heterocycles. The highest BCUT2D eigenvalue weighted by molar-refractivity contribution is 6.77. The summed E-state index contributed by atoms with van der Waals surface area (Å²) in [5, 5.41) is 0. The largest absolute Gasteiger partial charge is 0.468 e. The minimum Gasteiger partial charge on any atom is -0.468 e. The Morgan fingerprint density at radius 1 is 1.09 bits per heavy atom. The van der Waals surface area contributed by atoms with Crippen LogP contribution in [0.1, 0.15) is 90.5 Å². The van der Waals surface area contributed by atoms with E-state index in [1.807, 2.05) is 0 Å². The molecule has 0 saturated heterocycles. The molecule has 1 aromatic rings. The number of esters is 1. The molecule has 1 aromatic carbocycles. The van der Waals surface area contributed by atoms with Gasteiger partial charge in [-0.15, -0.1) is 0 Å². The zero-order valence-electron chi connectivity index (χ0n) is 21.5. The Kier molecular flexibility index (Phi) is 7.12. The molecule has 0 N–H and O–H groups in total. The Labute approximate surface area is 195 Å². The second-order valence-corrected chi connectivity index (χ2v) is 16.6. The number of ether oxygens (including phenoxy) is 1. The average molecular weight is 459 g/mol. The van der Waals surface area contributed by atoms with Crippen molar-refractivity contribution in [1.29, 1.82) is 0 Å². The molecule has 1 saturated carbocycles. The molecule has 0 radical (unpaired) electrons. The number of carbonyl (C=O) groups excluding carboxylic acids is 2. The summed E-state index contributed by atoms with van der Waals surface area (Å²) in [7, 11) is -0.760. The highest BCUT2D eigenvalue weighted by Gasteiger charge is 2.56. The highest BCUT2D eigenvalue weighted by atomic mass is 28.4. The molecule has 32 heavy (non-hydrogen) atoms. The van der Waals surface area contributed by atoms with E-state index >= 15 is 0 Å². The minimum atomic E-state index is -2.15. The zero-order valence-corrected chi connectivity index (χ0v) is 22.5. The monoisotopic (exact) mass is 458 g/mol. The molecule has 2 aliphatic carbocycles. The molecule has 178 valence electrons. The van der Waals surface area contributed by atoms with Crippen LogP contribution in [-0.2, 0) is 24.2 Å². The smallest absolute Gasteiger partial charge is 0.316 e. The van der Waals surface area contributed by atoms with Gasteiger partial charge >= 0.3 is 5.97 Å². The first kappa shape index (κ1) is 25.2. The number of methoxy groups -OCH3 is 1. The molecule has 4 nitrogen and oxygen atoms in total. The Morgan fingerprint density at radius 3 is 2.22 bits per heavy atom. The van der Waals surface area contributed by atoms with Gasteiger partial charge in [-0.05, 0) is 58.8 Å². The SMILES string of the molecule is COC(=O)[C@H]1C(=O)CC[C@@]2(C)c3cc(C)ccc3C(O[Si](C(C)C)(C(C)C)C(C)C)C[C@H]12. The van der Waals surface area contributed by atoms with Crippen molar-refractivity contribution in [2.24, 2.45) is 11.8 Å². The average Bonchev–Trinajstić information content (AvgIpc) is 2.71. The lowest BCUT2D eigenvalue weighted by molar-refractivity contribution is -0.156. The lowest BCUT2D eigenvalue weighted by atomic mass is 9.54. The van der Waals surface area contributed by atoms with Crippen molar-refractivity contribution in [3.8, 4) is 0 Å². The van der Waals surface area contributed by atoms with Crippen LogP contribution in [0.4, 0.5) is 0 Å². The van der Waals surface area contributed by atoms with Crippen molar-refractivity contribution in [2.75, 3.05) is 7.11 Å². The quantitative estimate of drug-likeness (QED) is 0.272. The van der Waals surface area contributed by atoms with Crippen LogP contribution in [0.5, 0.6) is 0 Å². The van der Waals surface area contributed by atoms with E-state index in [4.69, 9.17) is 9.16 Å². The summed E-state index contributed by atoms with van der Waals surface area (Å²) in [6, 6.07) is 6.68. The van der Waals surface area contributed by atoms with Gasteiger partial charge in [-0.25, -0.2) is 0 Å². The van der Waals surface area contributed by atoms with Gasteiger partial charge in [0.15, 0.2) is 0 Å². The molecule has 0 bridgehead atoms. The number of ketones is 1. The molecular formula is C27H42O4Si. The standard InChI is InChI=1S/C27H42O4Si/c1-16(2)32(17(3)4,18(5)6)31-24-15-22-25(26(29)30-9)23(28)12-13-27(22,8)21-14-19(7)10-11-20(21)24/h10-11,14,16-18,22,24-25H,12-13,15H2,1-9H3/t22-,24?,25-,27+/m1/s1. The van der Waals surface area contributed by atoms with E-state index in [2.05, 4.69) is 73.6 Å². The molecule has 2 aliphatic rings. The summed E-state index contributed by atoms with van der Waals surface area (Å²) < 4.78 is 12.4. The summed E-state index contributed by atoms with van der Waals surface area (Å²) in [6.07, 6.45) is 1.79. The second-order valence-electron chi connectivity index (χ2n) is 11.2. The van der Waals surface area contributed by atoms with E-state index < -0.39 is 14.2 Å². The van der Waals surface area contributed by atoms with Crippen LogP contribution in [-0.4, -0.2) is 27.2 Å². The van der Waals surface area contributed by atoms with Gasteiger partial charge in [0.25, 0.3) is 0 Å². The number of benzene rings is 1. The van der Waals surface area contributed by atoms with Gasteiger partial charge in [-0.2, -0.15) is 0 Å². The number of Topliss-reactive ketones (excluding diaryl/α,β-unsaturated/α-hetero) is 1. The molecule has 1 unspecified atom stereocenters. The third kappa shape index (κ3) is 3.89. The minimum absolute atomic E-state index is 0.0225. The van der Waals surface area contributed by atoms with Crippen molar-refractivity contribution in [3.63, 3.8) is 0 Å². The summed E-state index contributed by atoms with van der Waals surface area (Å²) in [6.45, 7) is 18.2. The van der Waals surface area contributed by atoms with E-state index in [-0.39, 0.29) is 29.2 Å². The Morgan fingerprint density at radius 2 is 1.69 bits per heavy atom. The number of rotatable bonds is 6. The first-order valence-electron chi connectivity index (χ1n) is 12.3. The second kappa shape index (κ2) is 9.06. The van der Waals surface area contributed by atoms with Crippen molar-refractivity contribution in [3.05, 3.63) is 34.9 Å². The fraction of sp³-hybridized carbons (Fsp3) is 0.704. The Hall–Kier alpha value is -1.46. The molecule has 1 fully saturated rings. The van der Waals surface area contributed by atoms with E-state index in [9.17, 15) is 9.59 Å². The summed E-state index contributed by atoms with van der Waals surface area (Å²) in [5.74, 6) is -1.17. The van der Waals surface area contributed by atoms with Crippen molar-refractivity contribution >= 4 is 20.1 Å². The predicted molar refractivity (Wildman–Crippen MR) is 131 cm³/mol. The van der Waals surface area contributed by atoms with Gasteiger partial charge in [0, 0.05) is 6.42 Å². The fourth-order valence-corrected chi connectivity index (χ4v) is 12.6. The van der Waals surface area contributed by atoms with E-state index in [1.165, 1.54) is 23.8 Å². The molecular weight excluding hydrogens is 416 g/mol. The lowest BCUT2D eigenvalue weighted by Crippen LogP contribution is -2.54. The van der Waals surface area contributed by atoms with Gasteiger partial charge in [-0.1, -0.05) is 72.2 Å². The van der Waals surface area contributed by atoms with Gasteiger partial charge in [0.1, 0.15) is 11.7 Å². The van der Waals surface area contributed by atoms with Gasteiger partial charge in [0.05, 0.1) is 13.2 Å². The zero-order chi connectivity index (χ0) is 24.0. The van der Waals surface area contributed by atoms with E-state index in [0.29, 0.717) is 29.5 Å². The summed E-state index contributed by atoms with van der Waals surface area (Å²) in [4.78, 5) is 25.7.